The molecule has 76 valence electrons. The van der Waals surface area contributed by atoms with Gasteiger partial charge in [0, 0.05) is 27.2 Å². The van der Waals surface area contributed by atoms with Gasteiger partial charge >= 0.3 is 6.03 Å². The molecule has 0 bridgehead atoms. The molecule has 0 aromatic rings. The molecule has 0 radical (unpaired) electrons. The maximum absolute atomic E-state index is 11.6. The van der Waals surface area contributed by atoms with Crippen molar-refractivity contribution < 1.29 is 4.79 Å². The molecule has 1 unspecified atom stereocenters. The van der Waals surface area contributed by atoms with E-state index in [1.807, 2.05) is 19.0 Å². The number of carbonyl (C=O) groups is 1. The van der Waals surface area contributed by atoms with E-state index in [1.165, 1.54) is 6.42 Å². The number of hydrogen-bond acceptors (Lipinski definition) is 1. The van der Waals surface area contributed by atoms with Gasteiger partial charge in [-0.2, -0.15) is 0 Å². The molecule has 13 heavy (non-hydrogen) atoms. The molecule has 2 amide bonds. The molecule has 1 aliphatic rings. The van der Waals surface area contributed by atoms with Crippen molar-refractivity contribution in [2.24, 2.45) is 5.92 Å². The van der Waals surface area contributed by atoms with E-state index in [4.69, 9.17) is 0 Å². The lowest BCUT2D eigenvalue weighted by Crippen LogP contribution is -2.39. The maximum atomic E-state index is 11.6. The van der Waals surface area contributed by atoms with E-state index in [9.17, 15) is 4.79 Å². The molecule has 1 saturated heterocycles. The van der Waals surface area contributed by atoms with Gasteiger partial charge < -0.3 is 9.80 Å². The minimum atomic E-state index is 0.161. The molecule has 0 aromatic carbocycles. The Bertz CT molecular complexity index is 180. The molecule has 0 spiro atoms. The molecule has 3 nitrogen and oxygen atoms in total. The highest BCUT2D eigenvalue weighted by atomic mass is 16.2. The molecule has 1 fully saturated rings. The van der Waals surface area contributed by atoms with E-state index in [1.54, 1.807) is 4.90 Å². The summed E-state index contributed by atoms with van der Waals surface area (Å²) < 4.78 is 0. The van der Waals surface area contributed by atoms with Crippen LogP contribution in [0.2, 0.25) is 0 Å². The summed E-state index contributed by atoms with van der Waals surface area (Å²) in [5.74, 6) is 0.778. The van der Waals surface area contributed by atoms with Gasteiger partial charge in [-0.25, -0.2) is 4.79 Å². The van der Waals surface area contributed by atoms with Crippen LogP contribution in [0, 0.1) is 5.92 Å². The van der Waals surface area contributed by atoms with Crippen LogP contribution < -0.4 is 0 Å². The molecule has 0 aromatic heterocycles. The largest absolute Gasteiger partial charge is 0.331 e. The standard InChI is InChI=1S/C10H20N2O/c1-9-5-4-7-12(8-6-9)10(13)11(2)3/h9H,4-8H2,1-3H3. The molecule has 0 saturated carbocycles. The second-order valence-corrected chi connectivity index (χ2v) is 4.20. The minimum absolute atomic E-state index is 0.161. The number of likely N-dealkylation sites (tertiary alicyclic amines) is 1. The van der Waals surface area contributed by atoms with Crippen LogP contribution in [-0.2, 0) is 0 Å². The number of nitrogens with zero attached hydrogens (tertiary/aromatic N) is 2. The normalized spacial score (nSPS) is 23.9. The summed E-state index contributed by atoms with van der Waals surface area (Å²) in [6.07, 6.45) is 3.57. The number of carbonyl (C=O) groups excluding carboxylic acids is 1. The Morgan fingerprint density at radius 1 is 1.31 bits per heavy atom. The molecular formula is C10H20N2O. The predicted molar refractivity (Wildman–Crippen MR) is 53.7 cm³/mol. The summed E-state index contributed by atoms with van der Waals surface area (Å²) in [6.45, 7) is 4.13. The summed E-state index contributed by atoms with van der Waals surface area (Å²) in [5.41, 5.74) is 0. The van der Waals surface area contributed by atoms with Crippen molar-refractivity contribution in [2.75, 3.05) is 27.2 Å². The average molecular weight is 184 g/mol. The van der Waals surface area contributed by atoms with Crippen LogP contribution in [0.1, 0.15) is 26.2 Å². The van der Waals surface area contributed by atoms with Crippen LogP contribution in [0.3, 0.4) is 0 Å². The van der Waals surface area contributed by atoms with Crippen LogP contribution in [0.5, 0.6) is 0 Å². The predicted octanol–water partition coefficient (Wildman–Crippen LogP) is 1.79. The van der Waals surface area contributed by atoms with Crippen molar-refractivity contribution >= 4 is 6.03 Å². The van der Waals surface area contributed by atoms with Gasteiger partial charge in [-0.15, -0.1) is 0 Å². The van der Waals surface area contributed by atoms with Crippen molar-refractivity contribution in [2.45, 2.75) is 26.2 Å². The van der Waals surface area contributed by atoms with Gasteiger partial charge in [-0.05, 0) is 25.2 Å². The lowest BCUT2D eigenvalue weighted by atomic mass is 10.0. The van der Waals surface area contributed by atoms with Gasteiger partial charge in [0.1, 0.15) is 0 Å². The van der Waals surface area contributed by atoms with Gasteiger partial charge in [-0.1, -0.05) is 6.92 Å². The molecule has 1 aliphatic heterocycles. The first-order chi connectivity index (χ1) is 6.11. The van der Waals surface area contributed by atoms with Gasteiger partial charge in [0.15, 0.2) is 0 Å². The van der Waals surface area contributed by atoms with Gasteiger partial charge in [0.05, 0.1) is 0 Å². The molecule has 1 rings (SSSR count). The second kappa shape index (κ2) is 4.49. The van der Waals surface area contributed by atoms with Crippen molar-refractivity contribution in [3.63, 3.8) is 0 Å². The fraction of sp³-hybridized carbons (Fsp3) is 0.900. The van der Waals surface area contributed by atoms with Gasteiger partial charge in [0.25, 0.3) is 0 Å². The van der Waals surface area contributed by atoms with E-state index in [0.29, 0.717) is 0 Å². The Morgan fingerprint density at radius 2 is 2.00 bits per heavy atom. The monoisotopic (exact) mass is 184 g/mol. The Morgan fingerprint density at radius 3 is 2.62 bits per heavy atom. The van der Waals surface area contributed by atoms with E-state index < -0.39 is 0 Å². The Balaban J connectivity index is 2.46. The van der Waals surface area contributed by atoms with Crippen LogP contribution in [0.25, 0.3) is 0 Å². The molecular weight excluding hydrogens is 164 g/mol. The number of urea groups is 1. The lowest BCUT2D eigenvalue weighted by molar-refractivity contribution is 0.172. The number of hydrogen-bond donors (Lipinski definition) is 0. The molecule has 0 aliphatic carbocycles. The SMILES string of the molecule is CC1CCCN(C(=O)N(C)C)CC1. The quantitative estimate of drug-likeness (QED) is 0.563. The Kier molecular flexibility index (Phi) is 3.58. The van der Waals surface area contributed by atoms with Crippen LogP contribution in [0.15, 0.2) is 0 Å². The smallest absolute Gasteiger partial charge is 0.319 e. The van der Waals surface area contributed by atoms with E-state index in [2.05, 4.69) is 6.92 Å². The topological polar surface area (TPSA) is 23.6 Å². The number of rotatable bonds is 0. The highest BCUT2D eigenvalue weighted by Crippen LogP contribution is 2.16. The van der Waals surface area contributed by atoms with Crippen molar-refractivity contribution in [1.82, 2.24) is 9.80 Å². The third-order valence-electron chi connectivity index (χ3n) is 2.67. The first kappa shape index (κ1) is 10.4. The highest BCUT2D eigenvalue weighted by Gasteiger charge is 2.19. The van der Waals surface area contributed by atoms with Crippen LogP contribution in [0.4, 0.5) is 4.79 Å². The second-order valence-electron chi connectivity index (χ2n) is 4.20. The van der Waals surface area contributed by atoms with Crippen LogP contribution >= 0.6 is 0 Å². The number of amides is 2. The maximum Gasteiger partial charge on any atom is 0.319 e. The van der Waals surface area contributed by atoms with Gasteiger partial charge in [-0.3, -0.25) is 0 Å². The Labute approximate surface area is 80.7 Å². The molecule has 3 heteroatoms. The van der Waals surface area contributed by atoms with Crippen molar-refractivity contribution in [1.29, 1.82) is 0 Å². The van der Waals surface area contributed by atoms with E-state index >= 15 is 0 Å². The summed E-state index contributed by atoms with van der Waals surface area (Å²) in [5, 5.41) is 0. The lowest BCUT2D eigenvalue weighted by Gasteiger charge is -2.24. The fourth-order valence-corrected chi connectivity index (χ4v) is 1.74. The highest BCUT2D eigenvalue weighted by molar-refractivity contribution is 5.73. The minimum Gasteiger partial charge on any atom is -0.331 e. The summed E-state index contributed by atoms with van der Waals surface area (Å²) >= 11 is 0. The Hall–Kier alpha value is -0.730. The first-order valence-electron chi connectivity index (χ1n) is 5.07. The van der Waals surface area contributed by atoms with E-state index in [-0.39, 0.29) is 6.03 Å². The van der Waals surface area contributed by atoms with Crippen molar-refractivity contribution in [3.05, 3.63) is 0 Å². The van der Waals surface area contributed by atoms with E-state index in [0.717, 1.165) is 31.8 Å². The third kappa shape index (κ3) is 2.90. The van der Waals surface area contributed by atoms with Crippen LogP contribution in [-0.4, -0.2) is 43.0 Å². The average Bonchev–Trinajstić information content (AvgIpc) is 2.28. The fourth-order valence-electron chi connectivity index (χ4n) is 1.74. The molecule has 1 heterocycles. The molecule has 1 atom stereocenters. The zero-order valence-corrected chi connectivity index (χ0v) is 8.92. The van der Waals surface area contributed by atoms with Crippen molar-refractivity contribution in [3.8, 4) is 0 Å². The zero-order valence-electron chi connectivity index (χ0n) is 8.92. The first-order valence-corrected chi connectivity index (χ1v) is 5.07. The third-order valence-corrected chi connectivity index (χ3v) is 2.67. The molecule has 0 N–H and O–H groups in total. The summed E-state index contributed by atoms with van der Waals surface area (Å²) in [4.78, 5) is 15.2. The van der Waals surface area contributed by atoms with Gasteiger partial charge in [0.2, 0.25) is 0 Å². The zero-order chi connectivity index (χ0) is 9.84. The summed E-state index contributed by atoms with van der Waals surface area (Å²) in [7, 11) is 3.63. The summed E-state index contributed by atoms with van der Waals surface area (Å²) in [6, 6.07) is 0.161.